The molecule has 0 fully saturated rings. The van der Waals surface area contributed by atoms with Crippen molar-refractivity contribution in [2.45, 2.75) is 11.7 Å². The minimum atomic E-state index is -0.0463. The summed E-state index contributed by atoms with van der Waals surface area (Å²) in [4.78, 5) is 14.2. The molecule has 0 bridgehead atoms. The molecular weight excluding hydrogens is 508 g/mol. The summed E-state index contributed by atoms with van der Waals surface area (Å²) in [6.45, 7) is 1.73. The Hall–Kier alpha value is -3.40. The highest BCUT2D eigenvalue weighted by atomic mass is 32.1. The summed E-state index contributed by atoms with van der Waals surface area (Å²) in [5.74, 6) is 2.52. The van der Waals surface area contributed by atoms with Gasteiger partial charge in [0.15, 0.2) is 5.75 Å². The Labute approximate surface area is 225 Å². The summed E-state index contributed by atoms with van der Waals surface area (Å²) in [6.07, 6.45) is 0.389. The molecule has 37 heavy (non-hydrogen) atoms. The van der Waals surface area contributed by atoms with E-state index in [-0.39, 0.29) is 22.7 Å². The van der Waals surface area contributed by atoms with E-state index in [1.807, 2.05) is 42.5 Å². The van der Waals surface area contributed by atoms with Gasteiger partial charge in [-0.2, -0.15) is 12.6 Å². The first-order valence-electron chi connectivity index (χ1n) is 11.8. The van der Waals surface area contributed by atoms with Gasteiger partial charge in [-0.3, -0.25) is 4.79 Å². The number of aromatic hydroxyl groups is 2. The minimum absolute atomic E-state index is 0.0463. The second-order valence-corrected chi connectivity index (χ2v) is 10.5. The summed E-state index contributed by atoms with van der Waals surface area (Å²) in [5, 5.41) is 23.7. The van der Waals surface area contributed by atoms with Crippen molar-refractivity contribution in [3.63, 3.8) is 0 Å². The number of thiophene rings is 1. The van der Waals surface area contributed by atoms with E-state index in [1.165, 1.54) is 11.3 Å². The summed E-state index contributed by atoms with van der Waals surface area (Å²) in [6, 6.07) is 19.6. The standard InChI is InChI=1S/C28H30N2O5S2/c1-30(2)26(33)16-23(36)17-29-13-14-34-21-8-10-22(11-9-21)35-27-24-12-7-20(32)15-25(24)37-28(27)18-3-5-19(31)6-4-18/h3-12,15,23,29,31-32,36H,13-14,16-17H2,1-2H3/t23-/m1/s1. The second-order valence-electron chi connectivity index (χ2n) is 8.76. The molecule has 1 heterocycles. The molecule has 4 aromatic rings. The maximum atomic E-state index is 11.7. The van der Waals surface area contributed by atoms with E-state index < -0.39 is 0 Å². The Morgan fingerprint density at radius 2 is 1.68 bits per heavy atom. The van der Waals surface area contributed by atoms with Crippen LogP contribution < -0.4 is 14.8 Å². The van der Waals surface area contributed by atoms with Gasteiger partial charge < -0.3 is 29.9 Å². The predicted molar refractivity (Wildman–Crippen MR) is 152 cm³/mol. The summed E-state index contributed by atoms with van der Waals surface area (Å²) < 4.78 is 13.0. The molecule has 0 saturated carbocycles. The number of phenolic OH excluding ortho intramolecular Hbond substituents is 2. The van der Waals surface area contributed by atoms with Crippen molar-refractivity contribution in [2.75, 3.05) is 33.8 Å². The van der Waals surface area contributed by atoms with Crippen LogP contribution in [-0.2, 0) is 4.79 Å². The molecule has 4 rings (SSSR count). The van der Waals surface area contributed by atoms with Gasteiger partial charge in [-0.1, -0.05) is 0 Å². The molecule has 0 saturated heterocycles. The van der Waals surface area contributed by atoms with Crippen LogP contribution >= 0.6 is 24.0 Å². The average Bonchev–Trinajstić information content (AvgIpc) is 3.22. The van der Waals surface area contributed by atoms with Gasteiger partial charge in [0.25, 0.3) is 0 Å². The van der Waals surface area contributed by atoms with Crippen LogP contribution in [-0.4, -0.2) is 60.1 Å². The lowest BCUT2D eigenvalue weighted by Gasteiger charge is -2.15. The summed E-state index contributed by atoms with van der Waals surface area (Å²) in [5.41, 5.74) is 0.912. The summed E-state index contributed by atoms with van der Waals surface area (Å²) >= 11 is 5.97. The predicted octanol–water partition coefficient (Wildman–Crippen LogP) is 5.52. The zero-order valence-corrected chi connectivity index (χ0v) is 22.4. The second kappa shape index (κ2) is 12.2. The fourth-order valence-electron chi connectivity index (χ4n) is 3.65. The molecule has 0 radical (unpaired) electrons. The van der Waals surface area contributed by atoms with Gasteiger partial charge in [0.05, 0.1) is 4.88 Å². The lowest BCUT2D eigenvalue weighted by molar-refractivity contribution is -0.128. The first kappa shape index (κ1) is 26.7. The molecule has 3 aromatic carbocycles. The molecule has 0 aliphatic heterocycles. The normalized spacial score (nSPS) is 11.9. The fraction of sp³-hybridized carbons (Fsp3) is 0.250. The Morgan fingerprint density at radius 3 is 2.38 bits per heavy atom. The van der Waals surface area contributed by atoms with Gasteiger partial charge >= 0.3 is 0 Å². The lowest BCUT2D eigenvalue weighted by atomic mass is 10.1. The largest absolute Gasteiger partial charge is 0.508 e. The molecule has 1 aromatic heterocycles. The van der Waals surface area contributed by atoms with Crippen molar-refractivity contribution in [1.82, 2.24) is 10.2 Å². The van der Waals surface area contributed by atoms with Gasteiger partial charge in [0.1, 0.15) is 29.6 Å². The highest BCUT2D eigenvalue weighted by Crippen LogP contribution is 2.47. The third-order valence-corrected chi connectivity index (χ3v) is 7.19. The molecule has 0 unspecified atom stereocenters. The Bertz CT molecular complexity index is 1340. The molecule has 9 heteroatoms. The quantitative estimate of drug-likeness (QED) is 0.149. The number of phenols is 2. The van der Waals surface area contributed by atoms with Crippen molar-refractivity contribution >= 4 is 40.0 Å². The van der Waals surface area contributed by atoms with E-state index in [9.17, 15) is 15.0 Å². The third kappa shape index (κ3) is 7.09. The monoisotopic (exact) mass is 538 g/mol. The van der Waals surface area contributed by atoms with E-state index >= 15 is 0 Å². The zero-order chi connectivity index (χ0) is 26.4. The first-order chi connectivity index (χ1) is 17.8. The number of thiol groups is 1. The molecule has 0 spiro atoms. The smallest absolute Gasteiger partial charge is 0.223 e. The SMILES string of the molecule is CN(C)C(=O)C[C@@H](S)CNCCOc1ccc(Oc2c(-c3ccc(O)cc3)sc3cc(O)ccc23)cc1. The number of amides is 1. The van der Waals surface area contributed by atoms with Crippen molar-refractivity contribution in [3.05, 3.63) is 66.7 Å². The van der Waals surface area contributed by atoms with Gasteiger partial charge in [0.2, 0.25) is 5.91 Å². The number of nitrogens with one attached hydrogen (secondary N) is 1. The maximum Gasteiger partial charge on any atom is 0.223 e. The molecule has 1 amide bonds. The zero-order valence-electron chi connectivity index (χ0n) is 20.7. The number of carbonyl (C=O) groups is 1. The first-order valence-corrected chi connectivity index (χ1v) is 13.2. The van der Waals surface area contributed by atoms with Crippen LogP contribution in [0.4, 0.5) is 0 Å². The fourth-order valence-corrected chi connectivity index (χ4v) is 5.11. The summed E-state index contributed by atoms with van der Waals surface area (Å²) in [7, 11) is 3.48. The van der Waals surface area contributed by atoms with Crippen LogP contribution in [0.5, 0.6) is 28.7 Å². The van der Waals surface area contributed by atoms with E-state index in [4.69, 9.17) is 9.47 Å². The third-order valence-electron chi connectivity index (χ3n) is 5.64. The van der Waals surface area contributed by atoms with Crippen LogP contribution in [0.2, 0.25) is 0 Å². The van der Waals surface area contributed by atoms with E-state index in [0.29, 0.717) is 37.6 Å². The van der Waals surface area contributed by atoms with Gasteiger partial charge in [-0.15, -0.1) is 11.3 Å². The van der Waals surface area contributed by atoms with Gasteiger partial charge in [0, 0.05) is 48.9 Å². The molecule has 3 N–H and O–H groups in total. The highest BCUT2D eigenvalue weighted by Gasteiger charge is 2.17. The van der Waals surface area contributed by atoms with Crippen molar-refractivity contribution in [3.8, 4) is 39.2 Å². The number of hydrogen-bond donors (Lipinski definition) is 4. The maximum absolute atomic E-state index is 11.7. The molecule has 1 atom stereocenters. The van der Waals surface area contributed by atoms with Crippen molar-refractivity contribution in [2.24, 2.45) is 0 Å². The lowest BCUT2D eigenvalue weighted by Crippen LogP contribution is -2.32. The Morgan fingerprint density at radius 1 is 1.00 bits per heavy atom. The van der Waals surface area contributed by atoms with Crippen LogP contribution in [0.1, 0.15) is 6.42 Å². The van der Waals surface area contributed by atoms with Crippen LogP contribution in [0.25, 0.3) is 20.5 Å². The van der Waals surface area contributed by atoms with Crippen LogP contribution in [0, 0.1) is 0 Å². The van der Waals surface area contributed by atoms with Gasteiger partial charge in [-0.25, -0.2) is 0 Å². The molecule has 0 aliphatic rings. The Balaban J connectivity index is 1.37. The average molecular weight is 539 g/mol. The number of ether oxygens (including phenoxy) is 2. The number of nitrogens with zero attached hydrogens (tertiary/aromatic N) is 1. The van der Waals surface area contributed by atoms with Crippen molar-refractivity contribution in [1.29, 1.82) is 0 Å². The van der Waals surface area contributed by atoms with Crippen LogP contribution in [0.15, 0.2) is 66.7 Å². The molecule has 7 nitrogen and oxygen atoms in total. The van der Waals surface area contributed by atoms with Crippen LogP contribution in [0.3, 0.4) is 0 Å². The van der Waals surface area contributed by atoms with Crippen molar-refractivity contribution < 1.29 is 24.5 Å². The number of carbonyl (C=O) groups excluding carboxylic acids is 1. The Kier molecular flexibility index (Phi) is 8.81. The highest BCUT2D eigenvalue weighted by molar-refractivity contribution is 7.81. The minimum Gasteiger partial charge on any atom is -0.508 e. The van der Waals surface area contributed by atoms with Gasteiger partial charge in [-0.05, 0) is 72.3 Å². The molecule has 0 aliphatic carbocycles. The number of hydrogen-bond acceptors (Lipinski definition) is 8. The van der Waals surface area contributed by atoms with E-state index in [1.54, 1.807) is 43.3 Å². The number of fused-ring (bicyclic) bond motifs is 1. The number of rotatable bonds is 11. The topological polar surface area (TPSA) is 91.3 Å². The molecule has 194 valence electrons. The van der Waals surface area contributed by atoms with E-state index in [2.05, 4.69) is 17.9 Å². The molecular formula is C28H30N2O5S2. The van der Waals surface area contributed by atoms with E-state index in [0.717, 1.165) is 26.3 Å². The number of benzene rings is 3.